The monoisotopic (exact) mass is 277 g/mol. The number of nitrogens with zero attached hydrogens (tertiary/aromatic N) is 3. The minimum Gasteiger partial charge on any atom is -0.411 e. The van der Waals surface area contributed by atoms with E-state index in [-0.39, 0.29) is 5.82 Å². The number of hydrogen-bond donors (Lipinski definition) is 1. The van der Waals surface area contributed by atoms with E-state index < -0.39 is 3.79 Å². The number of halogens is 3. The first-order chi connectivity index (χ1) is 7.54. The fraction of sp³-hybridized carbons (Fsp3) is 0.111. The number of rotatable bonds is 1. The van der Waals surface area contributed by atoms with E-state index in [9.17, 15) is 0 Å². The summed E-state index contributed by atoms with van der Waals surface area (Å²) in [6.07, 6.45) is 2.91. The van der Waals surface area contributed by atoms with Gasteiger partial charge in [0.05, 0.1) is 11.7 Å². The molecule has 0 aliphatic rings. The standard InChI is InChI=1S/C9H6Cl3N3O/c10-9(11,12)8-14-6(5-13-16)7-3-1-2-4-15(7)8/h1-5,16H/b13-5+. The Morgan fingerprint density at radius 1 is 1.38 bits per heavy atom. The largest absolute Gasteiger partial charge is 0.411 e. The van der Waals surface area contributed by atoms with Gasteiger partial charge in [-0.3, -0.25) is 4.40 Å². The number of aromatic nitrogens is 2. The molecule has 0 fully saturated rings. The van der Waals surface area contributed by atoms with Gasteiger partial charge >= 0.3 is 0 Å². The van der Waals surface area contributed by atoms with Crippen molar-refractivity contribution in [2.24, 2.45) is 5.16 Å². The van der Waals surface area contributed by atoms with E-state index in [4.69, 9.17) is 40.0 Å². The molecule has 0 radical (unpaired) electrons. The minimum atomic E-state index is -1.63. The molecule has 0 aliphatic heterocycles. The van der Waals surface area contributed by atoms with Crippen molar-refractivity contribution >= 4 is 46.5 Å². The zero-order valence-corrected chi connectivity index (χ0v) is 10.1. The molecule has 84 valence electrons. The number of alkyl halides is 3. The first kappa shape index (κ1) is 11.5. The van der Waals surface area contributed by atoms with Gasteiger partial charge in [0.15, 0.2) is 5.82 Å². The summed E-state index contributed by atoms with van der Waals surface area (Å²) in [5.74, 6) is 0.253. The van der Waals surface area contributed by atoms with E-state index in [0.717, 1.165) is 0 Å². The summed E-state index contributed by atoms with van der Waals surface area (Å²) in [5, 5.41) is 11.4. The highest BCUT2D eigenvalue weighted by atomic mass is 35.6. The third-order valence-electron chi connectivity index (χ3n) is 2.01. The van der Waals surface area contributed by atoms with Crippen molar-refractivity contribution in [1.29, 1.82) is 0 Å². The van der Waals surface area contributed by atoms with Crippen LogP contribution in [0.25, 0.3) is 5.52 Å². The number of oxime groups is 1. The highest BCUT2D eigenvalue weighted by molar-refractivity contribution is 6.66. The molecule has 0 saturated heterocycles. The van der Waals surface area contributed by atoms with E-state index in [0.29, 0.717) is 11.2 Å². The van der Waals surface area contributed by atoms with Crippen LogP contribution in [0.15, 0.2) is 29.6 Å². The van der Waals surface area contributed by atoms with Gasteiger partial charge in [-0.15, -0.1) is 0 Å². The van der Waals surface area contributed by atoms with Gasteiger partial charge in [-0.1, -0.05) is 46.0 Å². The second-order valence-electron chi connectivity index (χ2n) is 3.02. The molecule has 2 rings (SSSR count). The molecular weight excluding hydrogens is 272 g/mol. The Labute approximate surface area is 106 Å². The number of hydrogen-bond acceptors (Lipinski definition) is 3. The molecule has 0 aliphatic carbocycles. The summed E-state index contributed by atoms with van der Waals surface area (Å²) in [4.78, 5) is 4.11. The van der Waals surface area contributed by atoms with Crippen molar-refractivity contribution in [2.45, 2.75) is 3.79 Å². The van der Waals surface area contributed by atoms with Crippen molar-refractivity contribution in [3.05, 3.63) is 35.9 Å². The lowest BCUT2D eigenvalue weighted by Crippen LogP contribution is -2.06. The second-order valence-corrected chi connectivity index (χ2v) is 5.30. The predicted molar refractivity (Wildman–Crippen MR) is 63.8 cm³/mol. The Morgan fingerprint density at radius 3 is 2.75 bits per heavy atom. The summed E-state index contributed by atoms with van der Waals surface area (Å²) < 4.78 is -0.00414. The lowest BCUT2D eigenvalue weighted by Gasteiger charge is -2.08. The molecule has 16 heavy (non-hydrogen) atoms. The van der Waals surface area contributed by atoms with Gasteiger partial charge in [0.2, 0.25) is 3.79 Å². The third-order valence-corrected chi connectivity index (χ3v) is 2.52. The molecule has 0 atom stereocenters. The zero-order valence-electron chi connectivity index (χ0n) is 7.81. The molecule has 2 aromatic rings. The van der Waals surface area contributed by atoms with Gasteiger partial charge in [0, 0.05) is 6.20 Å². The van der Waals surface area contributed by atoms with Crippen LogP contribution in [0.5, 0.6) is 0 Å². The average molecular weight is 279 g/mol. The van der Waals surface area contributed by atoms with Crippen LogP contribution >= 0.6 is 34.8 Å². The van der Waals surface area contributed by atoms with E-state index in [1.165, 1.54) is 6.21 Å². The number of fused-ring (bicyclic) bond motifs is 1. The quantitative estimate of drug-likeness (QED) is 0.377. The molecule has 0 bridgehead atoms. The SMILES string of the molecule is O/N=C/c1nc(C(Cl)(Cl)Cl)n2ccccc12. The minimum absolute atomic E-state index is 0.253. The Hall–Kier alpha value is -0.970. The Balaban J connectivity index is 2.77. The van der Waals surface area contributed by atoms with E-state index >= 15 is 0 Å². The Bertz CT molecular complexity index is 544. The average Bonchev–Trinajstić information content (AvgIpc) is 2.58. The first-order valence-corrected chi connectivity index (χ1v) is 5.39. The fourth-order valence-corrected chi connectivity index (χ4v) is 1.81. The van der Waals surface area contributed by atoms with Gasteiger partial charge in [-0.25, -0.2) is 4.98 Å². The van der Waals surface area contributed by atoms with Gasteiger partial charge in [0.1, 0.15) is 5.69 Å². The summed E-state index contributed by atoms with van der Waals surface area (Å²) in [5.41, 5.74) is 1.13. The van der Waals surface area contributed by atoms with Crippen LogP contribution in [0.2, 0.25) is 0 Å². The van der Waals surface area contributed by atoms with Crippen molar-refractivity contribution in [1.82, 2.24) is 9.38 Å². The van der Waals surface area contributed by atoms with Crippen LogP contribution in [-0.2, 0) is 3.79 Å². The molecule has 7 heteroatoms. The molecule has 2 aromatic heterocycles. The third kappa shape index (κ3) is 1.96. The smallest absolute Gasteiger partial charge is 0.248 e. The molecule has 0 unspecified atom stereocenters. The summed E-state index contributed by atoms with van der Waals surface area (Å²) >= 11 is 17.4. The maximum atomic E-state index is 8.51. The molecule has 2 heterocycles. The van der Waals surface area contributed by atoms with Gasteiger partial charge in [-0.2, -0.15) is 0 Å². The van der Waals surface area contributed by atoms with Gasteiger partial charge in [0.25, 0.3) is 0 Å². The second kappa shape index (κ2) is 4.13. The molecule has 0 spiro atoms. The van der Waals surface area contributed by atoms with Crippen molar-refractivity contribution < 1.29 is 5.21 Å². The van der Waals surface area contributed by atoms with Gasteiger partial charge in [-0.05, 0) is 12.1 Å². The fourth-order valence-electron chi connectivity index (χ4n) is 1.41. The van der Waals surface area contributed by atoms with Crippen LogP contribution in [0.4, 0.5) is 0 Å². The highest BCUT2D eigenvalue weighted by Gasteiger charge is 2.29. The van der Waals surface area contributed by atoms with Crippen LogP contribution in [-0.4, -0.2) is 20.8 Å². The lowest BCUT2D eigenvalue weighted by molar-refractivity contribution is 0.322. The Kier molecular flexibility index (Phi) is 2.97. The summed E-state index contributed by atoms with van der Waals surface area (Å²) in [6.45, 7) is 0. The normalized spacial score (nSPS) is 12.7. The van der Waals surface area contributed by atoms with Crippen molar-refractivity contribution in [3.8, 4) is 0 Å². The number of pyridine rings is 1. The molecule has 4 nitrogen and oxygen atoms in total. The number of imidazole rings is 1. The van der Waals surface area contributed by atoms with E-state index in [1.54, 1.807) is 22.7 Å². The molecule has 1 N–H and O–H groups in total. The zero-order chi connectivity index (χ0) is 11.8. The van der Waals surface area contributed by atoms with Crippen LogP contribution in [0.1, 0.15) is 11.5 Å². The maximum absolute atomic E-state index is 8.51. The molecular formula is C9H6Cl3N3O. The first-order valence-electron chi connectivity index (χ1n) is 4.26. The van der Waals surface area contributed by atoms with Crippen LogP contribution < -0.4 is 0 Å². The van der Waals surface area contributed by atoms with Crippen LogP contribution in [0, 0.1) is 0 Å². The lowest BCUT2D eigenvalue weighted by atomic mass is 10.3. The summed E-state index contributed by atoms with van der Waals surface area (Å²) in [6, 6.07) is 5.38. The predicted octanol–water partition coefficient (Wildman–Crippen LogP) is 2.97. The molecule has 0 aromatic carbocycles. The van der Waals surface area contributed by atoms with Gasteiger partial charge < -0.3 is 5.21 Å². The topological polar surface area (TPSA) is 49.9 Å². The Morgan fingerprint density at radius 2 is 2.12 bits per heavy atom. The summed E-state index contributed by atoms with van der Waals surface area (Å²) in [7, 11) is 0. The van der Waals surface area contributed by atoms with Crippen LogP contribution in [0.3, 0.4) is 0 Å². The van der Waals surface area contributed by atoms with E-state index in [1.807, 2.05) is 6.07 Å². The van der Waals surface area contributed by atoms with Crippen molar-refractivity contribution in [3.63, 3.8) is 0 Å². The maximum Gasteiger partial charge on any atom is 0.248 e. The molecule has 0 amide bonds. The van der Waals surface area contributed by atoms with E-state index in [2.05, 4.69) is 10.1 Å². The highest BCUT2D eigenvalue weighted by Crippen LogP contribution is 2.37. The van der Waals surface area contributed by atoms with Crippen molar-refractivity contribution in [2.75, 3.05) is 0 Å². The molecule has 0 saturated carbocycles.